The molecule has 2 amide bonds. The lowest BCUT2D eigenvalue weighted by molar-refractivity contribution is -0.129. The van der Waals surface area contributed by atoms with Gasteiger partial charge in [-0.05, 0) is 32.4 Å². The Morgan fingerprint density at radius 2 is 2.09 bits per heavy atom. The lowest BCUT2D eigenvalue weighted by atomic mass is 9.98. The Morgan fingerprint density at radius 3 is 2.70 bits per heavy atom. The minimum absolute atomic E-state index is 0.0804. The van der Waals surface area contributed by atoms with E-state index < -0.39 is 5.91 Å². The number of amides is 2. The number of primary amides is 1. The van der Waals surface area contributed by atoms with Crippen LogP contribution in [0.1, 0.15) is 26.7 Å². The van der Waals surface area contributed by atoms with Crippen LogP contribution in [0.4, 0.5) is 5.69 Å². The number of carbonyl (C=O) groups is 2. The maximum atomic E-state index is 12.7. The summed E-state index contributed by atoms with van der Waals surface area (Å²) in [4.78, 5) is 36.3. The van der Waals surface area contributed by atoms with Gasteiger partial charge >= 0.3 is 0 Å². The van der Waals surface area contributed by atoms with Crippen LogP contribution in [0.5, 0.6) is 0 Å². The summed E-state index contributed by atoms with van der Waals surface area (Å²) in [7, 11) is 1.68. The summed E-state index contributed by atoms with van der Waals surface area (Å²) in [6.07, 6.45) is 2.27. The summed E-state index contributed by atoms with van der Waals surface area (Å²) >= 11 is 0. The number of aryl methyl sites for hydroxylation is 1. The minimum Gasteiger partial charge on any atom is -0.369 e. The Bertz CT molecular complexity index is 720. The third-order valence-corrected chi connectivity index (χ3v) is 4.11. The average Bonchev–Trinajstić information content (AvgIpc) is 2.51. The van der Waals surface area contributed by atoms with Crippen LogP contribution in [-0.2, 0) is 16.1 Å². The van der Waals surface area contributed by atoms with Gasteiger partial charge < -0.3 is 10.3 Å². The number of hydrogen-bond acceptors (Lipinski definition) is 4. The Hall–Kier alpha value is -2.57. The second kappa shape index (κ2) is 6.68. The first-order chi connectivity index (χ1) is 10.9. The quantitative estimate of drug-likeness (QED) is 0.863. The maximum absolute atomic E-state index is 12.7. The normalized spacial score (nSPS) is 15.1. The molecule has 0 saturated carbocycles. The number of anilines is 1. The van der Waals surface area contributed by atoms with E-state index in [1.807, 2.05) is 13.8 Å². The van der Waals surface area contributed by atoms with Crippen LogP contribution in [0.25, 0.3) is 0 Å². The molecule has 1 aromatic rings. The second-order valence-corrected chi connectivity index (χ2v) is 5.59. The van der Waals surface area contributed by atoms with E-state index in [0.717, 1.165) is 5.57 Å². The van der Waals surface area contributed by atoms with Gasteiger partial charge in [0.2, 0.25) is 5.91 Å². The highest BCUT2D eigenvalue weighted by atomic mass is 16.2. The lowest BCUT2D eigenvalue weighted by Crippen LogP contribution is -2.50. The molecule has 0 aromatic carbocycles. The number of nitrogens with two attached hydrogens (primary N) is 1. The molecule has 0 atom stereocenters. The zero-order valence-corrected chi connectivity index (χ0v) is 13.7. The molecule has 23 heavy (non-hydrogen) atoms. The summed E-state index contributed by atoms with van der Waals surface area (Å²) in [6.45, 7) is 4.73. The van der Waals surface area contributed by atoms with Crippen molar-refractivity contribution in [3.05, 3.63) is 39.8 Å². The predicted molar refractivity (Wildman–Crippen MR) is 87.6 cm³/mol. The Balaban J connectivity index is 2.34. The van der Waals surface area contributed by atoms with Crippen LogP contribution in [0.3, 0.4) is 0 Å². The summed E-state index contributed by atoms with van der Waals surface area (Å²) < 4.78 is 1.58. The molecule has 1 aromatic heterocycles. The predicted octanol–water partition coefficient (Wildman–Crippen LogP) is 0.644. The van der Waals surface area contributed by atoms with Gasteiger partial charge in [-0.15, -0.1) is 0 Å². The monoisotopic (exact) mass is 318 g/mol. The van der Waals surface area contributed by atoms with Gasteiger partial charge in [0.15, 0.2) is 0 Å². The summed E-state index contributed by atoms with van der Waals surface area (Å²) in [5.74, 6) is -0.813. The fourth-order valence-electron chi connectivity index (χ4n) is 2.70. The molecule has 0 radical (unpaired) electrons. The highest BCUT2D eigenvalue weighted by molar-refractivity contribution is 6.00. The highest BCUT2D eigenvalue weighted by Gasteiger charge is 2.29. The van der Waals surface area contributed by atoms with Gasteiger partial charge in [-0.2, -0.15) is 0 Å². The third-order valence-electron chi connectivity index (χ3n) is 4.11. The molecule has 0 bridgehead atoms. The van der Waals surface area contributed by atoms with Crippen molar-refractivity contribution in [1.29, 1.82) is 0 Å². The van der Waals surface area contributed by atoms with Gasteiger partial charge in [0.05, 0.1) is 6.42 Å². The molecule has 0 unspecified atom stereocenters. The number of pyridine rings is 1. The fraction of sp³-hybridized carbons (Fsp3) is 0.438. The fourth-order valence-corrected chi connectivity index (χ4v) is 2.70. The first-order valence-corrected chi connectivity index (χ1v) is 7.58. The average molecular weight is 318 g/mol. The number of nitrogens with zero attached hydrogens (tertiary/aromatic N) is 3. The molecule has 7 heteroatoms. The smallest absolute Gasteiger partial charge is 0.275 e. The van der Waals surface area contributed by atoms with Gasteiger partial charge in [-0.3, -0.25) is 19.4 Å². The summed E-state index contributed by atoms with van der Waals surface area (Å²) in [5.41, 5.74) is 6.78. The van der Waals surface area contributed by atoms with Crippen LogP contribution < -0.4 is 16.3 Å². The molecule has 1 aliphatic heterocycles. The molecule has 124 valence electrons. The van der Waals surface area contributed by atoms with Crippen LogP contribution in [0.2, 0.25) is 0 Å². The van der Waals surface area contributed by atoms with Gasteiger partial charge in [0, 0.05) is 31.9 Å². The van der Waals surface area contributed by atoms with Gasteiger partial charge in [-0.25, -0.2) is 5.01 Å². The largest absolute Gasteiger partial charge is 0.369 e. The van der Waals surface area contributed by atoms with Crippen molar-refractivity contribution in [2.75, 3.05) is 18.6 Å². The van der Waals surface area contributed by atoms with Crippen molar-refractivity contribution < 1.29 is 9.59 Å². The molecule has 0 fully saturated rings. The van der Waals surface area contributed by atoms with Crippen LogP contribution in [0, 0.1) is 0 Å². The zero-order valence-electron chi connectivity index (χ0n) is 13.7. The van der Waals surface area contributed by atoms with Crippen molar-refractivity contribution in [3.63, 3.8) is 0 Å². The SMILES string of the molecule is CCn1cccc(N(C)N2CCC(C)=C(CC(N)=O)C2=O)c1=O. The molecule has 0 spiro atoms. The van der Waals surface area contributed by atoms with E-state index in [2.05, 4.69) is 0 Å². The molecule has 2 rings (SSSR count). The van der Waals surface area contributed by atoms with Crippen LogP contribution in [-0.4, -0.2) is 35.0 Å². The van der Waals surface area contributed by atoms with Gasteiger partial charge in [0.25, 0.3) is 11.5 Å². The van der Waals surface area contributed by atoms with Crippen LogP contribution >= 0.6 is 0 Å². The standard InChI is InChI=1S/C16H22N4O3/c1-4-19-8-5-6-13(16(19)23)18(3)20-9-7-11(2)12(15(20)22)10-14(17)21/h5-6,8H,4,7,9-10H2,1-3H3,(H2,17,21). The first kappa shape index (κ1) is 16.8. The van der Waals surface area contributed by atoms with Crippen molar-refractivity contribution in [1.82, 2.24) is 9.58 Å². The maximum Gasteiger partial charge on any atom is 0.275 e. The van der Waals surface area contributed by atoms with Crippen LogP contribution in [0.15, 0.2) is 34.3 Å². The zero-order chi connectivity index (χ0) is 17.1. The van der Waals surface area contributed by atoms with E-state index in [4.69, 9.17) is 5.73 Å². The second-order valence-electron chi connectivity index (χ2n) is 5.59. The van der Waals surface area contributed by atoms with Crippen molar-refractivity contribution >= 4 is 17.5 Å². The molecule has 7 nitrogen and oxygen atoms in total. The van der Waals surface area contributed by atoms with E-state index in [1.165, 1.54) is 5.01 Å². The molecule has 0 saturated heterocycles. The molecular weight excluding hydrogens is 296 g/mol. The number of carbonyl (C=O) groups excluding carboxylic acids is 2. The topological polar surface area (TPSA) is 88.6 Å². The van der Waals surface area contributed by atoms with E-state index >= 15 is 0 Å². The minimum atomic E-state index is -0.537. The Kier molecular flexibility index (Phi) is 4.88. The van der Waals surface area contributed by atoms with Gasteiger partial charge in [-0.1, -0.05) is 5.57 Å². The van der Waals surface area contributed by atoms with Crippen molar-refractivity contribution in [2.45, 2.75) is 33.2 Å². The Morgan fingerprint density at radius 1 is 1.39 bits per heavy atom. The Labute approximate surface area is 134 Å². The van der Waals surface area contributed by atoms with E-state index in [-0.39, 0.29) is 17.9 Å². The molecule has 2 heterocycles. The lowest BCUT2D eigenvalue weighted by Gasteiger charge is -2.37. The van der Waals surface area contributed by atoms with Crippen molar-refractivity contribution in [3.8, 4) is 0 Å². The molecule has 0 aliphatic carbocycles. The number of aromatic nitrogens is 1. The third kappa shape index (κ3) is 3.28. The van der Waals surface area contributed by atoms with E-state index in [0.29, 0.717) is 30.8 Å². The number of hydrogen-bond donors (Lipinski definition) is 1. The summed E-state index contributed by atoms with van der Waals surface area (Å²) in [6, 6.07) is 3.46. The summed E-state index contributed by atoms with van der Waals surface area (Å²) in [5, 5.41) is 3.05. The molecule has 1 aliphatic rings. The molecular formula is C16H22N4O3. The van der Waals surface area contributed by atoms with Gasteiger partial charge in [0.1, 0.15) is 5.69 Å². The van der Waals surface area contributed by atoms with E-state index in [1.54, 1.807) is 35.0 Å². The van der Waals surface area contributed by atoms with Crippen molar-refractivity contribution in [2.24, 2.45) is 5.73 Å². The molecule has 2 N–H and O–H groups in total. The first-order valence-electron chi connectivity index (χ1n) is 7.58. The number of hydrazine groups is 1. The highest BCUT2D eigenvalue weighted by Crippen LogP contribution is 2.24. The number of rotatable bonds is 5. The van der Waals surface area contributed by atoms with E-state index in [9.17, 15) is 14.4 Å².